The minimum absolute atomic E-state index is 0. The Kier molecular flexibility index (Phi) is 28.4. The van der Waals surface area contributed by atoms with E-state index in [1.807, 2.05) is 0 Å². The fourth-order valence-corrected chi connectivity index (χ4v) is 12.5. The molecule has 8 amide bonds. The fourth-order valence-electron chi connectivity index (χ4n) is 10.4. The Labute approximate surface area is 701 Å². The van der Waals surface area contributed by atoms with Gasteiger partial charge in [-0.3, -0.25) is 19.2 Å². The molecule has 0 aliphatic rings. The molecule has 30 nitrogen and oxygen atoms in total. The van der Waals surface area contributed by atoms with E-state index in [4.69, 9.17) is 0 Å². The Morgan fingerprint density at radius 2 is 0.398 bits per heavy atom. The number of anilines is 8. The normalized spacial score (nSPS) is 11.1. The fraction of sp³-hybridized carbons (Fsp3) is 0. The second kappa shape index (κ2) is 35.5. The van der Waals surface area contributed by atoms with Crippen molar-refractivity contribution in [2.75, 3.05) is 42.5 Å². The largest absolute Gasteiger partial charge is 1.00 e. The van der Waals surface area contributed by atoms with Gasteiger partial charge in [-0.25, -0.2) is 43.3 Å². The summed E-state index contributed by atoms with van der Waals surface area (Å²) in [5.41, 5.74) is 3.56. The first-order valence-electron chi connectivity index (χ1n) is 29.8. The van der Waals surface area contributed by atoms with E-state index in [0.29, 0.717) is 45.5 Å². The van der Waals surface area contributed by atoms with Crippen LogP contribution in [0.5, 0.6) is 23.0 Å². The molecule has 0 fully saturated rings. The molecule has 528 valence electrons. The quantitative estimate of drug-likeness (QED) is 0.0397. The van der Waals surface area contributed by atoms with Crippen molar-refractivity contribution in [3.63, 3.8) is 0 Å². The zero-order chi connectivity index (χ0) is 74.7. The zero-order valence-corrected chi connectivity index (χ0v) is 67.8. The molecule has 12 aromatic rings. The third-order valence-corrected chi connectivity index (χ3v) is 18.7. The maximum atomic E-state index is 12.8. The van der Waals surface area contributed by atoms with Gasteiger partial charge in [0.15, 0.2) is 0 Å². The molecule has 0 aromatic heterocycles. The van der Waals surface area contributed by atoms with E-state index in [-0.39, 0.29) is 184 Å². The Morgan fingerprint density at radius 3 is 0.565 bits per heavy atom. The van der Waals surface area contributed by atoms with E-state index in [0.717, 1.165) is 48.5 Å². The van der Waals surface area contributed by atoms with E-state index in [9.17, 15) is 101 Å². The maximum absolute atomic E-state index is 12.8. The summed E-state index contributed by atoms with van der Waals surface area (Å²) in [4.78, 5) is 74.2. The predicted molar refractivity (Wildman–Crippen MR) is 377 cm³/mol. The van der Waals surface area contributed by atoms with Gasteiger partial charge < -0.3 is 81.2 Å². The molecule has 0 unspecified atom stereocenters. The smallest absolute Gasteiger partial charge is 0.744 e. The average molecular weight is 1570 g/mol. The van der Waals surface area contributed by atoms with Crippen LogP contribution >= 0.6 is 0 Å². The molecule has 12 rings (SSSR count). The van der Waals surface area contributed by atoms with Crippen molar-refractivity contribution in [1.82, 2.24) is 0 Å². The van der Waals surface area contributed by atoms with Gasteiger partial charge in [-0.05, 0) is 216 Å². The molecule has 38 heteroatoms. The third kappa shape index (κ3) is 21.7. The van der Waals surface area contributed by atoms with Crippen molar-refractivity contribution in [2.45, 2.75) is 19.6 Å². The molecule has 0 bridgehead atoms. The Morgan fingerprint density at radius 1 is 0.231 bits per heavy atom. The van der Waals surface area contributed by atoms with Gasteiger partial charge in [0.2, 0.25) is 0 Å². The van der Waals surface area contributed by atoms with Gasteiger partial charge in [0.25, 0.3) is 23.6 Å². The van der Waals surface area contributed by atoms with Crippen LogP contribution in [0, 0.1) is 0 Å². The number of amides is 8. The van der Waals surface area contributed by atoms with E-state index < -0.39 is 119 Å². The predicted octanol–water partition coefficient (Wildman–Crippen LogP) is -1.26. The van der Waals surface area contributed by atoms with Crippen LogP contribution < -0.4 is 161 Å². The number of rotatable bonds is 16. The van der Waals surface area contributed by atoms with Crippen LogP contribution in [0.25, 0.3) is 43.1 Å². The number of hydrogen-bond donors (Lipinski definition) is 12. The molecule has 0 atom stereocenters. The van der Waals surface area contributed by atoms with E-state index in [2.05, 4.69) is 42.5 Å². The van der Waals surface area contributed by atoms with Gasteiger partial charge in [0.05, 0.1) is 19.6 Å². The maximum Gasteiger partial charge on any atom is 1.00 e. The molecular weight excluding hydrogens is 1530 g/mol. The zero-order valence-electron chi connectivity index (χ0n) is 56.6. The number of phenols is 4. The van der Waals surface area contributed by atoms with Crippen molar-refractivity contribution in [2.24, 2.45) is 0 Å². The number of fused-ring (bicyclic) bond motifs is 4. The summed E-state index contributed by atoms with van der Waals surface area (Å²) < 4.78 is 136. The van der Waals surface area contributed by atoms with Crippen LogP contribution in [-0.2, 0) is 40.5 Å². The van der Waals surface area contributed by atoms with Crippen LogP contribution in [0.15, 0.2) is 238 Å². The van der Waals surface area contributed by atoms with Crippen molar-refractivity contribution in [3.05, 3.63) is 241 Å². The minimum Gasteiger partial charge on any atom is -0.744 e. The number of benzene rings is 12. The van der Waals surface area contributed by atoms with Crippen molar-refractivity contribution < 1.29 is 219 Å². The Hall–Kier alpha value is -9.06. The van der Waals surface area contributed by atoms with Crippen molar-refractivity contribution in [1.29, 1.82) is 0 Å². The number of urea groups is 2. The van der Waals surface area contributed by atoms with E-state index in [1.54, 1.807) is 0 Å². The average Bonchev–Trinajstić information content (AvgIpc) is 0.804. The Balaban J connectivity index is 0.000000290. The number of carbonyl (C=O) groups excluding carboxylic acids is 6. The van der Waals surface area contributed by atoms with Gasteiger partial charge in [-0.1, -0.05) is 24.3 Å². The van der Waals surface area contributed by atoms with Gasteiger partial charge >= 0.3 is 130 Å². The summed E-state index contributed by atoms with van der Waals surface area (Å²) in [5.74, 6) is -3.82. The van der Waals surface area contributed by atoms with Gasteiger partial charge in [-0.15, -0.1) is 0 Å². The van der Waals surface area contributed by atoms with Crippen LogP contribution in [0.4, 0.5) is 55.1 Å². The molecule has 108 heavy (non-hydrogen) atoms. The summed E-state index contributed by atoms with van der Waals surface area (Å²) in [5, 5.41) is 64.1. The van der Waals surface area contributed by atoms with Crippen LogP contribution in [0.1, 0.15) is 41.4 Å². The molecule has 12 N–H and O–H groups in total. The molecule has 0 heterocycles. The molecular formula is C70H48N8Na4O22S4. The van der Waals surface area contributed by atoms with Gasteiger partial charge in [0, 0.05) is 89.3 Å². The topological polar surface area (TPSA) is 508 Å². The van der Waals surface area contributed by atoms with Gasteiger partial charge in [0.1, 0.15) is 63.5 Å². The van der Waals surface area contributed by atoms with Crippen molar-refractivity contribution in [3.8, 4) is 23.0 Å². The first-order valence-corrected chi connectivity index (χ1v) is 35.4. The molecule has 0 spiro atoms. The molecule has 0 aliphatic heterocycles. The minimum atomic E-state index is -4.78. The third-order valence-electron chi connectivity index (χ3n) is 15.4. The molecule has 0 aliphatic carbocycles. The molecule has 0 saturated heterocycles. The van der Waals surface area contributed by atoms with Crippen molar-refractivity contribution >= 4 is 165 Å². The standard InChI is InChI=1S/2C35H26N4O11S2.4Na/c2*40-31-17-27(51(45,46)47)13-21-5-11-25(15-29(21)31)36-33(42)19-1-7-23(8-2-19)38-35(44)39-24-9-3-20(4-10-24)34(43)37-26-12-6-22-14-28(52(48,49)50)18-32(41)30(22)16-26;;;;/h2*1-18,40-41H,(H,36,42)(H,37,43)(H2,38,39,44)(H,45,46,47)(H,48,49,50);;;;/q;;4*+1/p-4. The van der Waals surface area contributed by atoms with Crippen LogP contribution in [0.2, 0.25) is 0 Å². The molecule has 0 radical (unpaired) electrons. The summed E-state index contributed by atoms with van der Waals surface area (Å²) in [6.07, 6.45) is 0. The number of aromatic hydroxyl groups is 4. The molecule has 0 saturated carbocycles. The Bertz CT molecular complexity index is 5320. The van der Waals surface area contributed by atoms with Crippen LogP contribution in [-0.4, -0.2) is 108 Å². The summed E-state index contributed by atoms with van der Waals surface area (Å²) in [7, 11) is -19.1. The second-order valence-electron chi connectivity index (χ2n) is 22.6. The van der Waals surface area contributed by atoms with E-state index in [1.165, 1.54) is 170 Å². The van der Waals surface area contributed by atoms with Gasteiger partial charge in [-0.2, -0.15) is 0 Å². The summed E-state index contributed by atoms with van der Waals surface area (Å²) in [6.45, 7) is 0. The van der Waals surface area contributed by atoms with E-state index >= 15 is 0 Å². The number of carbonyl (C=O) groups is 6. The molecule has 12 aromatic carbocycles. The number of nitrogens with one attached hydrogen (secondary N) is 8. The SMILES string of the molecule is O=C(Nc1ccc(C(=O)Nc2ccc3cc(S(=O)(=O)[O-])cc(O)c3c2)cc1)Nc1ccc(C(=O)Nc2ccc3cc(S(=O)(=O)[O-])cc(O)c3c2)cc1.O=C(Nc1ccc(C(=O)Nc2ccc3cc(S(=O)(=O)[O-])cc(O)c3c2)cc1)Nc1ccc(C(=O)Nc2ccc3cc(S(=O)(=O)[O-])cc(O)c3c2)cc1.[Na+].[Na+].[Na+].[Na+]. The first-order chi connectivity index (χ1) is 49.1. The van der Waals surface area contributed by atoms with Crippen LogP contribution in [0.3, 0.4) is 0 Å². The second-order valence-corrected chi connectivity index (χ2v) is 28.1. The first kappa shape index (κ1) is 86.2. The number of phenolic OH excluding ortho intramolecular Hbond substituents is 4. The summed E-state index contributed by atoms with van der Waals surface area (Å²) in [6, 6.07) is 47.7. The monoisotopic (exact) mass is 1570 g/mol. The number of hydrogen-bond acceptors (Lipinski definition) is 22. The summed E-state index contributed by atoms with van der Waals surface area (Å²) >= 11 is 0.